The lowest BCUT2D eigenvalue weighted by molar-refractivity contribution is -0.139. The number of nitrogens with one attached hydrogen (secondary N) is 11. The lowest BCUT2D eigenvalue weighted by Crippen LogP contribution is -2.64. The number of amides is 11. The van der Waals surface area contributed by atoms with Gasteiger partial charge in [0.25, 0.3) is 5.91 Å². The van der Waals surface area contributed by atoms with Gasteiger partial charge in [0.05, 0.1) is 41.3 Å². The number of benzene rings is 1. The largest absolute Gasteiger partial charge is 0.394 e. The summed E-state index contributed by atoms with van der Waals surface area (Å²) in [4.78, 5) is 159. The molecular formula is C58H93Cl2N13O14. The van der Waals surface area contributed by atoms with Gasteiger partial charge in [-0.05, 0) is 60.5 Å². The number of ether oxygens (including phenoxy) is 1. The minimum absolute atomic E-state index is 0.0186. The van der Waals surface area contributed by atoms with Crippen molar-refractivity contribution in [1.29, 1.82) is 0 Å². The third kappa shape index (κ3) is 24.6. The number of carbonyl (C=O) groups excluding carboxylic acids is 11. The summed E-state index contributed by atoms with van der Waals surface area (Å²) < 4.78 is 4.93. The number of aliphatic hydroxyl groups is 2. The van der Waals surface area contributed by atoms with E-state index in [1.54, 1.807) is 83.1 Å². The molecule has 2 aromatic rings. The van der Waals surface area contributed by atoms with Crippen molar-refractivity contribution in [2.24, 2.45) is 34.3 Å². The van der Waals surface area contributed by atoms with Crippen LogP contribution in [0.4, 0.5) is 0 Å². The van der Waals surface area contributed by atoms with Crippen LogP contribution in [0.5, 0.6) is 0 Å². The molecule has 0 saturated carbocycles. The average molecular weight is 1270 g/mol. The topological polar surface area (TPSA) is 412 Å². The van der Waals surface area contributed by atoms with Crippen molar-refractivity contribution in [3.05, 3.63) is 52.0 Å². The van der Waals surface area contributed by atoms with Crippen LogP contribution in [0.2, 0.25) is 10.0 Å². The normalized spacial score (nSPS) is 15.8. The molecule has 27 nitrogen and oxygen atoms in total. The fraction of sp³-hybridized carbons (Fsp3) is 0.655. The number of methoxy groups -OCH3 is 1. The van der Waals surface area contributed by atoms with Crippen LogP contribution < -0.4 is 58.9 Å². The summed E-state index contributed by atoms with van der Waals surface area (Å²) in [5, 5.41) is 47.2. The number of hydrogen-bond donors (Lipinski definition) is 14. The molecule has 1 aromatic heterocycles. The van der Waals surface area contributed by atoms with Gasteiger partial charge in [-0.25, -0.2) is 4.98 Å². The van der Waals surface area contributed by atoms with E-state index in [9.17, 15) is 63.0 Å². The number of primary amides is 1. The van der Waals surface area contributed by atoms with E-state index in [4.69, 9.17) is 33.7 Å². The molecule has 87 heavy (non-hydrogen) atoms. The number of aromatic amines is 1. The Labute approximate surface area is 519 Å². The van der Waals surface area contributed by atoms with E-state index in [0.29, 0.717) is 12.1 Å². The van der Waals surface area contributed by atoms with Gasteiger partial charge in [-0.3, -0.25) is 52.7 Å². The maximum atomic E-state index is 14.5. The Kier molecular flexibility index (Phi) is 31.3. The van der Waals surface area contributed by atoms with Gasteiger partial charge >= 0.3 is 0 Å². The standard InChI is InChI=1S/C58H93Cl2N13O14/c1-15-30(5)42(69-56(86)46(58(11,12)13)73-53(83)43(31(6)16-2)70-55(85)45(57(8,9)10)72-47(77)34-18-17-19-35(59)41(34)60)52(82)71-44(32(7)75)54(84)65-36(20-21-40(61)76)49(79)67-38(25-33-26-62-28-64-33)51(81)66-37(24-29(3)4)50(80)68-39(27-74)48(78)63-22-23-87-14/h17-19,26,28-32,36-39,42-46,74-75H,15-16,20-25,27H2,1-14H3,(H2,61,76)(H,62,64)(H,63,78)(H,65,84)(H,66,81)(H,67,79)(H,68,80)(H,69,86)(H,70,85)(H,71,82)(H,72,77)(H,73,83)/t30-,31-,32?,36?,37?,38+,39+,42?,43?,44+,45-,46-/m1/s1. The first-order chi connectivity index (χ1) is 40.5. The number of rotatable bonds is 35. The predicted octanol–water partition coefficient (Wildman–Crippen LogP) is 0.568. The maximum Gasteiger partial charge on any atom is 0.253 e. The van der Waals surface area contributed by atoms with Gasteiger partial charge in [0, 0.05) is 38.4 Å². The number of H-pyrrole nitrogens is 1. The van der Waals surface area contributed by atoms with Crippen LogP contribution in [0, 0.1) is 28.6 Å². The fourth-order valence-corrected chi connectivity index (χ4v) is 9.14. The first kappa shape index (κ1) is 76.2. The molecule has 0 bridgehead atoms. The molecule has 1 aromatic carbocycles. The predicted molar refractivity (Wildman–Crippen MR) is 325 cm³/mol. The summed E-state index contributed by atoms with van der Waals surface area (Å²) in [6.07, 6.45) is 0.563. The molecule has 29 heteroatoms. The molecule has 1 heterocycles. The van der Waals surface area contributed by atoms with E-state index in [1.807, 2.05) is 0 Å². The molecule has 0 aliphatic heterocycles. The highest BCUT2D eigenvalue weighted by Crippen LogP contribution is 2.28. The van der Waals surface area contributed by atoms with Gasteiger partial charge in [0.15, 0.2) is 0 Å². The van der Waals surface area contributed by atoms with Gasteiger partial charge in [0.2, 0.25) is 59.1 Å². The van der Waals surface area contributed by atoms with Crippen molar-refractivity contribution >= 4 is 88.2 Å². The van der Waals surface area contributed by atoms with Crippen molar-refractivity contribution in [3.8, 4) is 0 Å². The summed E-state index contributed by atoms with van der Waals surface area (Å²) >= 11 is 12.5. The molecule has 0 spiro atoms. The number of hydrogen-bond acceptors (Lipinski definition) is 15. The van der Waals surface area contributed by atoms with Crippen LogP contribution in [0.1, 0.15) is 138 Å². The molecule has 0 aliphatic carbocycles. The molecule has 0 fully saturated rings. The first-order valence-electron chi connectivity index (χ1n) is 29.0. The molecule has 11 amide bonds. The Morgan fingerprint density at radius 1 is 0.632 bits per heavy atom. The number of aromatic nitrogens is 2. The van der Waals surface area contributed by atoms with Crippen molar-refractivity contribution in [2.75, 3.05) is 26.9 Å². The number of nitrogens with two attached hydrogens (primary N) is 1. The highest BCUT2D eigenvalue weighted by atomic mass is 35.5. The second kappa shape index (κ2) is 35.8. The summed E-state index contributed by atoms with van der Waals surface area (Å²) in [6.45, 7) is 21.2. The van der Waals surface area contributed by atoms with Crippen LogP contribution in [-0.4, -0.2) is 173 Å². The molecule has 2 rings (SSSR count). The molecule has 0 saturated heterocycles. The van der Waals surface area contributed by atoms with E-state index in [2.05, 4.69) is 63.1 Å². The quantitative estimate of drug-likeness (QED) is 0.0420. The van der Waals surface area contributed by atoms with E-state index >= 15 is 0 Å². The number of imidazole rings is 1. The van der Waals surface area contributed by atoms with Crippen LogP contribution in [0.3, 0.4) is 0 Å². The van der Waals surface area contributed by atoms with E-state index in [1.165, 1.54) is 44.8 Å². The second-order valence-corrected chi connectivity index (χ2v) is 25.1. The molecule has 12 atom stereocenters. The van der Waals surface area contributed by atoms with Gasteiger partial charge in [-0.2, -0.15) is 0 Å². The minimum Gasteiger partial charge on any atom is -0.394 e. The second-order valence-electron chi connectivity index (χ2n) is 24.3. The average Bonchev–Trinajstić information content (AvgIpc) is 2.91. The van der Waals surface area contributed by atoms with E-state index in [0.717, 1.165) is 0 Å². The highest BCUT2D eigenvalue weighted by molar-refractivity contribution is 6.43. The van der Waals surface area contributed by atoms with E-state index < -0.39 is 168 Å². The Morgan fingerprint density at radius 2 is 1.11 bits per heavy atom. The number of nitrogens with zero attached hydrogens (tertiary/aromatic N) is 1. The Hall–Kier alpha value is -6.94. The van der Waals surface area contributed by atoms with Gasteiger partial charge in [-0.1, -0.05) is 125 Å². The number of aliphatic hydroxyl groups excluding tert-OH is 2. The third-order valence-electron chi connectivity index (χ3n) is 14.3. The molecular weight excluding hydrogens is 1170 g/mol. The molecule has 5 unspecified atom stereocenters. The number of halogens is 2. The fourth-order valence-electron chi connectivity index (χ4n) is 8.75. The van der Waals surface area contributed by atoms with Gasteiger partial charge in [-0.15, -0.1) is 0 Å². The van der Waals surface area contributed by atoms with Crippen molar-refractivity contribution < 1.29 is 67.7 Å². The summed E-state index contributed by atoms with van der Waals surface area (Å²) in [7, 11) is 1.42. The summed E-state index contributed by atoms with van der Waals surface area (Å²) in [5.41, 5.74) is 3.90. The smallest absolute Gasteiger partial charge is 0.253 e. The SMILES string of the molecule is CC[C@@H](C)C(NC(=O)[C@@H](NC(=O)c1cccc(Cl)c1Cl)C(C)(C)C)C(=O)N[C@H](C(=O)NC(C(=O)N[C@H](C(=O)NC(CCC(N)=O)C(=O)N[C@@H](Cc1cnc[nH]1)C(=O)NC(CC(C)C)C(=O)N[C@@H](CO)C(=O)NCCOC)C(C)O)[C@H](C)CC)C(C)(C)C. The maximum absolute atomic E-state index is 14.5. The summed E-state index contributed by atoms with van der Waals surface area (Å²) in [6, 6.07) is -8.45. The van der Waals surface area contributed by atoms with Crippen molar-refractivity contribution in [3.63, 3.8) is 0 Å². The van der Waals surface area contributed by atoms with Crippen molar-refractivity contribution in [2.45, 2.75) is 189 Å². The Morgan fingerprint density at radius 3 is 1.60 bits per heavy atom. The molecule has 0 aliphatic rings. The van der Waals surface area contributed by atoms with Crippen molar-refractivity contribution in [1.82, 2.24) is 63.1 Å². The lowest BCUT2D eigenvalue weighted by Gasteiger charge is -2.36. The molecule has 488 valence electrons. The van der Waals surface area contributed by atoms with Gasteiger partial charge in [0.1, 0.15) is 54.4 Å². The Balaban J connectivity index is 2.46. The van der Waals surface area contributed by atoms with Crippen LogP contribution in [0.15, 0.2) is 30.7 Å². The monoisotopic (exact) mass is 1270 g/mol. The van der Waals surface area contributed by atoms with E-state index in [-0.39, 0.29) is 53.9 Å². The molecule has 0 radical (unpaired) electrons. The van der Waals surface area contributed by atoms with Crippen LogP contribution in [0.25, 0.3) is 0 Å². The summed E-state index contributed by atoms with van der Waals surface area (Å²) in [5.74, 6) is -10.8. The lowest BCUT2D eigenvalue weighted by atomic mass is 9.84. The minimum atomic E-state index is -1.82. The molecule has 15 N–H and O–H groups in total. The highest BCUT2D eigenvalue weighted by Gasteiger charge is 2.42. The zero-order chi connectivity index (χ0) is 66.3. The zero-order valence-corrected chi connectivity index (χ0v) is 53.8. The first-order valence-corrected chi connectivity index (χ1v) is 29.8. The third-order valence-corrected chi connectivity index (χ3v) is 15.2. The number of carbonyl (C=O) groups is 11. The Bertz CT molecular complexity index is 2670. The van der Waals surface area contributed by atoms with Gasteiger partial charge < -0.3 is 78.8 Å². The van der Waals surface area contributed by atoms with Crippen LogP contribution >= 0.6 is 23.2 Å². The zero-order valence-electron chi connectivity index (χ0n) is 52.3. The van der Waals surface area contributed by atoms with Crippen LogP contribution in [-0.2, 0) is 59.1 Å².